The van der Waals surface area contributed by atoms with Gasteiger partial charge < -0.3 is 15.4 Å². The van der Waals surface area contributed by atoms with Crippen LogP contribution >= 0.6 is 12.2 Å². The Hall–Kier alpha value is -0.350. The molecule has 0 radical (unpaired) electrons. The lowest BCUT2D eigenvalue weighted by Gasteiger charge is -2.28. The molecule has 1 aliphatic rings. The Balaban J connectivity index is 2.35. The zero-order valence-corrected chi connectivity index (χ0v) is 9.17. The van der Waals surface area contributed by atoms with Crippen LogP contribution in [0.3, 0.4) is 0 Å². The van der Waals surface area contributed by atoms with E-state index in [9.17, 15) is 0 Å². The highest BCUT2D eigenvalue weighted by atomic mass is 32.1. The van der Waals surface area contributed by atoms with Crippen molar-refractivity contribution in [3.63, 3.8) is 0 Å². The molecular formula is C9H18N2OS. The predicted molar refractivity (Wildman–Crippen MR) is 57.9 cm³/mol. The maximum Gasteiger partial charge on any atom is 0.166 e. The van der Waals surface area contributed by atoms with E-state index >= 15 is 0 Å². The molecule has 0 aromatic rings. The first-order chi connectivity index (χ1) is 6.22. The van der Waals surface area contributed by atoms with Crippen molar-refractivity contribution in [2.75, 3.05) is 20.7 Å². The van der Waals surface area contributed by atoms with Gasteiger partial charge in [-0.05, 0) is 25.1 Å². The summed E-state index contributed by atoms with van der Waals surface area (Å²) in [5, 5.41) is 6.75. The first-order valence-electron chi connectivity index (χ1n) is 4.73. The SMILES string of the molecule is CNC(=S)NCC1(OC)CCCC1. The molecule has 0 saturated heterocycles. The zero-order valence-electron chi connectivity index (χ0n) is 8.35. The minimum Gasteiger partial charge on any atom is -0.376 e. The average molecular weight is 202 g/mol. The second-order valence-corrected chi connectivity index (χ2v) is 3.94. The van der Waals surface area contributed by atoms with E-state index in [1.807, 2.05) is 7.05 Å². The molecule has 4 heteroatoms. The van der Waals surface area contributed by atoms with Crippen LogP contribution in [0.15, 0.2) is 0 Å². The number of nitrogens with one attached hydrogen (secondary N) is 2. The molecule has 0 heterocycles. The van der Waals surface area contributed by atoms with Crippen molar-refractivity contribution in [1.82, 2.24) is 10.6 Å². The number of methoxy groups -OCH3 is 1. The minimum absolute atomic E-state index is 0.0287. The summed E-state index contributed by atoms with van der Waals surface area (Å²) in [6, 6.07) is 0. The van der Waals surface area contributed by atoms with E-state index in [0.717, 1.165) is 19.4 Å². The standard InChI is InChI=1S/C9H18N2OS/c1-10-8(13)11-7-9(12-2)5-3-4-6-9/h3-7H2,1-2H3,(H2,10,11,13). The van der Waals surface area contributed by atoms with Crippen LogP contribution in [0.5, 0.6) is 0 Å². The second-order valence-electron chi connectivity index (χ2n) is 3.53. The van der Waals surface area contributed by atoms with Crippen LogP contribution < -0.4 is 10.6 Å². The Kier molecular flexibility index (Phi) is 3.93. The van der Waals surface area contributed by atoms with Gasteiger partial charge in [0, 0.05) is 20.7 Å². The van der Waals surface area contributed by atoms with Gasteiger partial charge in [0.1, 0.15) is 0 Å². The fourth-order valence-electron chi connectivity index (χ4n) is 1.80. The van der Waals surface area contributed by atoms with E-state index < -0.39 is 0 Å². The summed E-state index contributed by atoms with van der Waals surface area (Å²) in [6.45, 7) is 0.823. The van der Waals surface area contributed by atoms with Crippen molar-refractivity contribution in [3.8, 4) is 0 Å². The van der Waals surface area contributed by atoms with E-state index in [4.69, 9.17) is 17.0 Å². The molecule has 0 aliphatic heterocycles. The van der Waals surface area contributed by atoms with Gasteiger partial charge >= 0.3 is 0 Å². The molecule has 0 aromatic carbocycles. The molecule has 3 nitrogen and oxygen atoms in total. The van der Waals surface area contributed by atoms with Gasteiger partial charge in [0.15, 0.2) is 5.11 Å². The van der Waals surface area contributed by atoms with Gasteiger partial charge in [0.2, 0.25) is 0 Å². The summed E-state index contributed by atoms with van der Waals surface area (Å²) in [6.07, 6.45) is 4.81. The lowest BCUT2D eigenvalue weighted by molar-refractivity contribution is 0.000250. The van der Waals surface area contributed by atoms with Crippen LogP contribution in [0, 0.1) is 0 Å². The number of hydrogen-bond donors (Lipinski definition) is 2. The lowest BCUT2D eigenvalue weighted by atomic mass is 10.0. The molecule has 1 fully saturated rings. The van der Waals surface area contributed by atoms with E-state index in [2.05, 4.69) is 10.6 Å². The number of ether oxygens (including phenoxy) is 1. The van der Waals surface area contributed by atoms with Crippen molar-refractivity contribution in [2.24, 2.45) is 0 Å². The second kappa shape index (κ2) is 4.77. The van der Waals surface area contributed by atoms with Crippen LogP contribution in [0.25, 0.3) is 0 Å². The summed E-state index contributed by atoms with van der Waals surface area (Å²) in [7, 11) is 3.61. The van der Waals surface area contributed by atoms with Gasteiger partial charge in [0.25, 0.3) is 0 Å². The normalized spacial score (nSPS) is 19.8. The van der Waals surface area contributed by atoms with Gasteiger partial charge in [-0.15, -0.1) is 0 Å². The zero-order chi connectivity index (χ0) is 9.73. The maximum absolute atomic E-state index is 5.54. The molecule has 76 valence electrons. The van der Waals surface area contributed by atoms with E-state index in [0.29, 0.717) is 5.11 Å². The first kappa shape index (κ1) is 10.7. The Bertz CT molecular complexity index is 178. The van der Waals surface area contributed by atoms with Crippen LogP contribution in [0.1, 0.15) is 25.7 Å². The van der Waals surface area contributed by atoms with Crippen LogP contribution in [0.2, 0.25) is 0 Å². The number of thiocarbonyl (C=S) groups is 1. The van der Waals surface area contributed by atoms with Crippen LogP contribution in [0.4, 0.5) is 0 Å². The molecule has 0 bridgehead atoms. The molecule has 0 aromatic heterocycles. The van der Waals surface area contributed by atoms with Crippen LogP contribution in [-0.4, -0.2) is 31.4 Å². The van der Waals surface area contributed by atoms with Crippen molar-refractivity contribution in [1.29, 1.82) is 0 Å². The highest BCUT2D eigenvalue weighted by molar-refractivity contribution is 7.80. The molecule has 1 aliphatic carbocycles. The quantitative estimate of drug-likeness (QED) is 0.670. The highest BCUT2D eigenvalue weighted by Gasteiger charge is 2.33. The van der Waals surface area contributed by atoms with Gasteiger partial charge in [-0.25, -0.2) is 0 Å². The summed E-state index contributed by atoms with van der Waals surface area (Å²) in [5.74, 6) is 0. The van der Waals surface area contributed by atoms with Crippen LogP contribution in [-0.2, 0) is 4.74 Å². The third-order valence-corrected chi connectivity index (χ3v) is 3.09. The van der Waals surface area contributed by atoms with Crippen molar-refractivity contribution < 1.29 is 4.74 Å². The first-order valence-corrected chi connectivity index (χ1v) is 5.14. The Morgan fingerprint density at radius 1 is 1.46 bits per heavy atom. The Labute approximate surface area is 85.2 Å². The molecule has 1 rings (SSSR count). The monoisotopic (exact) mass is 202 g/mol. The summed E-state index contributed by atoms with van der Waals surface area (Å²) < 4.78 is 5.54. The van der Waals surface area contributed by atoms with Gasteiger partial charge in [-0.3, -0.25) is 0 Å². The number of hydrogen-bond acceptors (Lipinski definition) is 2. The molecular weight excluding hydrogens is 184 g/mol. The lowest BCUT2D eigenvalue weighted by Crippen LogP contribution is -2.45. The van der Waals surface area contributed by atoms with E-state index in [-0.39, 0.29) is 5.60 Å². The van der Waals surface area contributed by atoms with E-state index in [1.165, 1.54) is 12.8 Å². The Morgan fingerprint density at radius 2 is 2.08 bits per heavy atom. The third-order valence-electron chi connectivity index (χ3n) is 2.75. The van der Waals surface area contributed by atoms with Crippen molar-refractivity contribution in [3.05, 3.63) is 0 Å². The van der Waals surface area contributed by atoms with Gasteiger partial charge in [0.05, 0.1) is 5.60 Å². The largest absolute Gasteiger partial charge is 0.376 e. The molecule has 2 N–H and O–H groups in total. The third kappa shape index (κ3) is 2.81. The summed E-state index contributed by atoms with van der Waals surface area (Å²) in [5.41, 5.74) is 0.0287. The van der Waals surface area contributed by atoms with Crippen molar-refractivity contribution >= 4 is 17.3 Å². The fraction of sp³-hybridized carbons (Fsp3) is 0.889. The predicted octanol–water partition coefficient (Wildman–Crippen LogP) is 1.04. The molecule has 13 heavy (non-hydrogen) atoms. The summed E-state index contributed by atoms with van der Waals surface area (Å²) >= 11 is 5.01. The van der Waals surface area contributed by atoms with E-state index in [1.54, 1.807) is 7.11 Å². The van der Waals surface area contributed by atoms with Gasteiger partial charge in [-0.1, -0.05) is 12.8 Å². The average Bonchev–Trinajstić information content (AvgIpc) is 2.63. The highest BCUT2D eigenvalue weighted by Crippen LogP contribution is 2.31. The number of rotatable bonds is 3. The minimum atomic E-state index is 0.0287. The molecule has 0 amide bonds. The molecule has 1 saturated carbocycles. The summed E-state index contributed by atoms with van der Waals surface area (Å²) in [4.78, 5) is 0. The maximum atomic E-state index is 5.54. The van der Waals surface area contributed by atoms with Crippen molar-refractivity contribution in [2.45, 2.75) is 31.3 Å². The molecule has 0 unspecified atom stereocenters. The van der Waals surface area contributed by atoms with Gasteiger partial charge in [-0.2, -0.15) is 0 Å². The topological polar surface area (TPSA) is 33.3 Å². The fourth-order valence-corrected chi connectivity index (χ4v) is 1.87. The molecule has 0 atom stereocenters. The smallest absolute Gasteiger partial charge is 0.166 e. The Morgan fingerprint density at radius 3 is 2.54 bits per heavy atom. The molecule has 0 spiro atoms.